The Morgan fingerprint density at radius 1 is 1.00 bits per heavy atom. The third-order valence-corrected chi connectivity index (χ3v) is 1.47. The van der Waals surface area contributed by atoms with Crippen LogP contribution >= 0.6 is 0 Å². The highest BCUT2D eigenvalue weighted by molar-refractivity contribution is 5.01. The van der Waals surface area contributed by atoms with E-state index in [1.54, 1.807) is 0 Å². The van der Waals surface area contributed by atoms with E-state index in [-0.39, 0.29) is 0 Å². The molecular weight excluding hydrogens is 160 g/mol. The fraction of sp³-hybridized carbons (Fsp3) is 0.333. The highest BCUT2D eigenvalue weighted by atomic mass is 16.5. The molecule has 0 aromatic rings. The van der Waals surface area contributed by atoms with Crippen molar-refractivity contribution in [2.45, 2.75) is 26.7 Å². The fourth-order valence-electron chi connectivity index (χ4n) is 0.836. The molecule has 72 valence electrons. The topological polar surface area (TPSA) is 9.23 Å². The molecule has 0 aromatic heterocycles. The van der Waals surface area contributed by atoms with E-state index in [2.05, 4.69) is 13.2 Å². The molecule has 0 aliphatic heterocycles. The second kappa shape index (κ2) is 7.41. The molecule has 0 amide bonds. The van der Waals surface area contributed by atoms with Crippen molar-refractivity contribution < 1.29 is 4.74 Å². The van der Waals surface area contributed by atoms with Crippen molar-refractivity contribution in [1.29, 1.82) is 0 Å². The lowest BCUT2D eigenvalue weighted by atomic mass is 10.3. The van der Waals surface area contributed by atoms with Gasteiger partial charge in [-0.15, -0.1) is 13.2 Å². The lowest BCUT2D eigenvalue weighted by molar-refractivity contribution is 0.306. The Balaban J connectivity index is 3.95. The molecule has 0 radical (unpaired) electrons. The first kappa shape index (κ1) is 11.8. The van der Waals surface area contributed by atoms with E-state index in [0.29, 0.717) is 0 Å². The quantitative estimate of drug-likeness (QED) is 0.442. The van der Waals surface area contributed by atoms with Gasteiger partial charge in [0.15, 0.2) is 0 Å². The Kier molecular flexibility index (Phi) is 6.70. The van der Waals surface area contributed by atoms with Gasteiger partial charge in [-0.1, -0.05) is 12.2 Å². The van der Waals surface area contributed by atoms with Crippen LogP contribution in [0.5, 0.6) is 0 Å². The molecule has 0 unspecified atom stereocenters. The minimum atomic E-state index is 0.848. The van der Waals surface area contributed by atoms with Gasteiger partial charge in [-0.3, -0.25) is 0 Å². The van der Waals surface area contributed by atoms with Gasteiger partial charge >= 0.3 is 0 Å². The van der Waals surface area contributed by atoms with Gasteiger partial charge in [0.05, 0.1) is 11.5 Å². The zero-order chi connectivity index (χ0) is 10.1. The van der Waals surface area contributed by atoms with Crippen LogP contribution in [0.4, 0.5) is 0 Å². The summed E-state index contributed by atoms with van der Waals surface area (Å²) in [7, 11) is 0. The summed E-state index contributed by atoms with van der Waals surface area (Å²) in [5.74, 6) is 1.83. The molecule has 0 spiro atoms. The molecule has 0 N–H and O–H groups in total. The molecule has 0 aromatic carbocycles. The third kappa shape index (κ3) is 7.13. The van der Waals surface area contributed by atoms with Crippen molar-refractivity contribution in [3.05, 3.63) is 49.0 Å². The molecular formula is C12H18O. The van der Waals surface area contributed by atoms with Crippen molar-refractivity contribution in [1.82, 2.24) is 0 Å². The molecule has 0 bridgehead atoms. The molecule has 0 atom stereocenters. The summed E-state index contributed by atoms with van der Waals surface area (Å²) in [5.41, 5.74) is 0. The van der Waals surface area contributed by atoms with Gasteiger partial charge in [-0.05, 0) is 38.8 Å². The van der Waals surface area contributed by atoms with Gasteiger partial charge in [0.2, 0.25) is 0 Å². The van der Waals surface area contributed by atoms with Crippen LogP contribution in [0, 0.1) is 0 Å². The number of hydrogen-bond acceptors (Lipinski definition) is 1. The van der Waals surface area contributed by atoms with Crippen LogP contribution in [0.25, 0.3) is 0 Å². The van der Waals surface area contributed by atoms with Crippen molar-refractivity contribution in [3.8, 4) is 0 Å². The van der Waals surface area contributed by atoms with Crippen LogP contribution in [-0.2, 0) is 4.74 Å². The summed E-state index contributed by atoms with van der Waals surface area (Å²) in [6.45, 7) is 11.1. The Bertz CT molecular complexity index is 197. The maximum Gasteiger partial charge on any atom is 0.0968 e. The van der Waals surface area contributed by atoms with E-state index >= 15 is 0 Å². The van der Waals surface area contributed by atoms with Gasteiger partial charge in [0.25, 0.3) is 0 Å². The third-order valence-electron chi connectivity index (χ3n) is 1.47. The Labute approximate surface area is 81.1 Å². The predicted octanol–water partition coefficient (Wildman–Crippen LogP) is 3.96. The summed E-state index contributed by atoms with van der Waals surface area (Å²) in [6, 6.07) is 0. The molecule has 0 saturated carbocycles. The van der Waals surface area contributed by atoms with Gasteiger partial charge in [-0.25, -0.2) is 0 Å². The lowest BCUT2D eigenvalue weighted by Crippen LogP contribution is -1.85. The minimum Gasteiger partial charge on any atom is -0.467 e. The second-order valence-electron chi connectivity index (χ2n) is 2.78. The molecule has 13 heavy (non-hydrogen) atoms. The van der Waals surface area contributed by atoms with E-state index in [4.69, 9.17) is 4.74 Å². The van der Waals surface area contributed by atoms with E-state index in [1.807, 2.05) is 38.2 Å². The smallest absolute Gasteiger partial charge is 0.0968 e. The average Bonchev–Trinajstić information content (AvgIpc) is 2.11. The average molecular weight is 178 g/mol. The second-order valence-corrected chi connectivity index (χ2v) is 2.78. The summed E-state index contributed by atoms with van der Waals surface area (Å²) >= 11 is 0. The van der Waals surface area contributed by atoms with Gasteiger partial charge in [0, 0.05) is 0 Å². The van der Waals surface area contributed by atoms with Crippen LogP contribution in [0.15, 0.2) is 49.0 Å². The highest BCUT2D eigenvalue weighted by Crippen LogP contribution is 2.07. The molecule has 0 aliphatic carbocycles. The largest absolute Gasteiger partial charge is 0.467 e. The van der Waals surface area contributed by atoms with Crippen LogP contribution in [-0.4, -0.2) is 0 Å². The molecule has 0 saturated heterocycles. The molecule has 0 fully saturated rings. The summed E-state index contributed by atoms with van der Waals surface area (Å²) in [5, 5.41) is 0. The van der Waals surface area contributed by atoms with Crippen LogP contribution in [0.2, 0.25) is 0 Å². The lowest BCUT2D eigenvalue weighted by Gasteiger charge is -2.04. The number of hydrogen-bond donors (Lipinski definition) is 0. The van der Waals surface area contributed by atoms with Gasteiger partial charge in [0.1, 0.15) is 0 Å². The van der Waals surface area contributed by atoms with Gasteiger partial charge < -0.3 is 4.74 Å². The number of rotatable bonds is 6. The normalized spacial score (nSPS) is 12.5. The van der Waals surface area contributed by atoms with E-state index in [9.17, 15) is 0 Å². The standard InChI is InChI=1S/C12H18O/c1-5-7-9-11(3)13-12(4)10-8-6-2/h5-6,9-10H,1-2,7-8H2,3-4H3/b11-9-,12-10-. The zero-order valence-electron chi connectivity index (χ0n) is 8.55. The molecule has 1 nitrogen and oxygen atoms in total. The monoisotopic (exact) mass is 178 g/mol. The molecule has 0 rings (SSSR count). The Hall–Kier alpha value is -1.24. The molecule has 0 aliphatic rings. The van der Waals surface area contributed by atoms with Crippen molar-refractivity contribution in [3.63, 3.8) is 0 Å². The first-order chi connectivity index (χ1) is 6.20. The van der Waals surface area contributed by atoms with Crippen molar-refractivity contribution in [2.24, 2.45) is 0 Å². The summed E-state index contributed by atoms with van der Waals surface area (Å²) < 4.78 is 5.48. The van der Waals surface area contributed by atoms with E-state index < -0.39 is 0 Å². The van der Waals surface area contributed by atoms with Crippen LogP contribution < -0.4 is 0 Å². The Morgan fingerprint density at radius 3 is 1.69 bits per heavy atom. The Morgan fingerprint density at radius 2 is 1.38 bits per heavy atom. The predicted molar refractivity (Wildman–Crippen MR) is 58.2 cm³/mol. The van der Waals surface area contributed by atoms with E-state index in [1.165, 1.54) is 0 Å². The maximum absolute atomic E-state index is 5.48. The first-order valence-electron chi connectivity index (χ1n) is 4.44. The summed E-state index contributed by atoms with van der Waals surface area (Å²) in [4.78, 5) is 0. The minimum absolute atomic E-state index is 0.848. The number of ether oxygens (including phenoxy) is 1. The summed E-state index contributed by atoms with van der Waals surface area (Å²) in [6.07, 6.45) is 9.38. The van der Waals surface area contributed by atoms with Crippen molar-refractivity contribution in [2.75, 3.05) is 0 Å². The molecule has 1 heteroatoms. The first-order valence-corrected chi connectivity index (χ1v) is 4.44. The van der Waals surface area contributed by atoms with Gasteiger partial charge in [-0.2, -0.15) is 0 Å². The van der Waals surface area contributed by atoms with E-state index in [0.717, 1.165) is 24.4 Å². The highest BCUT2D eigenvalue weighted by Gasteiger charge is 1.90. The van der Waals surface area contributed by atoms with Crippen molar-refractivity contribution >= 4 is 0 Å². The SMILES string of the molecule is C=CC/C=C(/C)O/C(C)=C\CC=C. The molecule has 0 heterocycles. The fourth-order valence-corrected chi connectivity index (χ4v) is 0.836. The maximum atomic E-state index is 5.48. The van der Waals surface area contributed by atoms with Crippen LogP contribution in [0.3, 0.4) is 0 Å². The number of allylic oxidation sites excluding steroid dienone is 6. The van der Waals surface area contributed by atoms with Crippen LogP contribution in [0.1, 0.15) is 26.7 Å². The zero-order valence-corrected chi connectivity index (χ0v) is 8.55.